The minimum atomic E-state index is 0.427. The van der Waals surface area contributed by atoms with Crippen LogP contribution in [0.4, 0.5) is 5.69 Å². The number of hydrogen-bond acceptors (Lipinski definition) is 3. The molecule has 1 N–H and O–H groups in total. The minimum Gasteiger partial charge on any atom is -0.497 e. The second-order valence-corrected chi connectivity index (χ2v) is 4.92. The zero-order chi connectivity index (χ0) is 13.8. The lowest BCUT2D eigenvalue weighted by Gasteiger charge is -2.14. The van der Waals surface area contributed by atoms with Gasteiger partial charge in [0.2, 0.25) is 0 Å². The van der Waals surface area contributed by atoms with Crippen LogP contribution < -0.4 is 10.1 Å². The summed E-state index contributed by atoms with van der Waals surface area (Å²) in [4.78, 5) is 4.21. The van der Waals surface area contributed by atoms with Crippen molar-refractivity contribution in [2.45, 2.75) is 33.4 Å². The highest BCUT2D eigenvalue weighted by atomic mass is 16.5. The number of methoxy groups -OCH3 is 1. The van der Waals surface area contributed by atoms with Crippen LogP contribution in [0, 0.1) is 6.92 Å². The van der Waals surface area contributed by atoms with Crippen molar-refractivity contribution >= 4 is 5.69 Å². The van der Waals surface area contributed by atoms with Gasteiger partial charge in [0, 0.05) is 17.9 Å². The predicted molar refractivity (Wildman–Crippen MR) is 77.7 cm³/mol. The lowest BCUT2D eigenvalue weighted by atomic mass is 10.2. The Morgan fingerprint density at radius 3 is 2.79 bits per heavy atom. The van der Waals surface area contributed by atoms with Gasteiger partial charge in [-0.2, -0.15) is 0 Å². The molecule has 0 radical (unpaired) electrons. The molecule has 1 heterocycles. The van der Waals surface area contributed by atoms with Crippen LogP contribution in [-0.4, -0.2) is 16.7 Å². The van der Waals surface area contributed by atoms with Gasteiger partial charge in [0.05, 0.1) is 25.7 Å². The molecular weight excluding hydrogens is 238 g/mol. The molecule has 4 heteroatoms. The highest BCUT2D eigenvalue weighted by Gasteiger charge is 2.06. The molecule has 0 saturated heterocycles. The van der Waals surface area contributed by atoms with E-state index in [2.05, 4.69) is 35.6 Å². The second kappa shape index (κ2) is 5.78. The third-order valence-corrected chi connectivity index (χ3v) is 3.20. The van der Waals surface area contributed by atoms with E-state index < -0.39 is 0 Å². The van der Waals surface area contributed by atoms with Crippen LogP contribution in [-0.2, 0) is 6.54 Å². The van der Waals surface area contributed by atoms with E-state index in [-0.39, 0.29) is 0 Å². The summed E-state index contributed by atoms with van der Waals surface area (Å²) in [6.45, 7) is 7.16. The van der Waals surface area contributed by atoms with E-state index >= 15 is 0 Å². The molecule has 4 nitrogen and oxygen atoms in total. The molecule has 1 aromatic carbocycles. The second-order valence-electron chi connectivity index (χ2n) is 4.92. The van der Waals surface area contributed by atoms with E-state index in [1.165, 1.54) is 11.3 Å². The van der Waals surface area contributed by atoms with Crippen molar-refractivity contribution in [3.05, 3.63) is 42.0 Å². The molecule has 0 spiro atoms. The average Bonchev–Trinajstić information content (AvgIpc) is 2.85. The number of hydrogen-bond donors (Lipinski definition) is 1. The number of benzene rings is 1. The maximum Gasteiger partial charge on any atom is 0.119 e. The maximum atomic E-state index is 5.21. The first-order valence-corrected chi connectivity index (χ1v) is 6.51. The molecule has 0 atom stereocenters. The number of nitrogens with one attached hydrogen (secondary N) is 1. The van der Waals surface area contributed by atoms with Crippen molar-refractivity contribution in [2.24, 2.45) is 0 Å². The largest absolute Gasteiger partial charge is 0.497 e. The maximum absolute atomic E-state index is 5.21. The summed E-state index contributed by atoms with van der Waals surface area (Å²) in [5.74, 6) is 0.885. The molecule has 2 aromatic rings. The van der Waals surface area contributed by atoms with E-state index in [0.717, 1.165) is 18.0 Å². The number of rotatable bonds is 5. The number of anilines is 1. The van der Waals surface area contributed by atoms with Crippen molar-refractivity contribution in [1.29, 1.82) is 0 Å². The third-order valence-electron chi connectivity index (χ3n) is 3.20. The van der Waals surface area contributed by atoms with Crippen LogP contribution in [0.5, 0.6) is 5.75 Å². The van der Waals surface area contributed by atoms with Crippen LogP contribution in [0.1, 0.15) is 31.1 Å². The lowest BCUT2D eigenvalue weighted by Crippen LogP contribution is -2.09. The van der Waals surface area contributed by atoms with Gasteiger partial charge in [-0.15, -0.1) is 0 Å². The summed E-state index contributed by atoms with van der Waals surface area (Å²) < 4.78 is 7.38. The summed E-state index contributed by atoms with van der Waals surface area (Å²) in [5, 5.41) is 3.45. The van der Waals surface area contributed by atoms with Gasteiger partial charge in [0.25, 0.3) is 0 Å². The van der Waals surface area contributed by atoms with Gasteiger partial charge in [-0.3, -0.25) is 0 Å². The van der Waals surface area contributed by atoms with Crippen LogP contribution >= 0.6 is 0 Å². The Bertz CT molecular complexity index is 546. The molecule has 0 unspecified atom stereocenters. The van der Waals surface area contributed by atoms with Gasteiger partial charge < -0.3 is 14.6 Å². The van der Waals surface area contributed by atoms with Gasteiger partial charge in [-0.1, -0.05) is 0 Å². The first-order valence-electron chi connectivity index (χ1n) is 6.51. The molecule has 0 saturated carbocycles. The van der Waals surface area contributed by atoms with Crippen molar-refractivity contribution in [3.8, 4) is 5.75 Å². The van der Waals surface area contributed by atoms with E-state index in [0.29, 0.717) is 6.04 Å². The van der Waals surface area contributed by atoms with Crippen molar-refractivity contribution in [1.82, 2.24) is 9.55 Å². The van der Waals surface area contributed by atoms with Crippen LogP contribution in [0.2, 0.25) is 0 Å². The molecule has 1 aromatic heterocycles. The van der Waals surface area contributed by atoms with Crippen LogP contribution in [0.25, 0.3) is 0 Å². The van der Waals surface area contributed by atoms with E-state index in [4.69, 9.17) is 4.74 Å². The normalized spacial score (nSPS) is 10.8. The molecule has 2 rings (SSSR count). The molecule has 0 bridgehead atoms. The van der Waals surface area contributed by atoms with Crippen molar-refractivity contribution in [3.63, 3.8) is 0 Å². The molecule has 0 aliphatic carbocycles. The number of nitrogens with zero attached hydrogens (tertiary/aromatic N) is 2. The zero-order valence-electron chi connectivity index (χ0n) is 12.0. The first kappa shape index (κ1) is 13.5. The quantitative estimate of drug-likeness (QED) is 0.894. The van der Waals surface area contributed by atoms with E-state index in [1.807, 2.05) is 30.7 Å². The fraction of sp³-hybridized carbons (Fsp3) is 0.400. The summed E-state index contributed by atoms with van der Waals surface area (Å²) >= 11 is 0. The summed E-state index contributed by atoms with van der Waals surface area (Å²) in [5.41, 5.74) is 3.48. The average molecular weight is 259 g/mol. The van der Waals surface area contributed by atoms with Crippen LogP contribution in [0.15, 0.2) is 30.7 Å². The van der Waals surface area contributed by atoms with Gasteiger partial charge >= 0.3 is 0 Å². The van der Waals surface area contributed by atoms with Gasteiger partial charge in [-0.25, -0.2) is 4.98 Å². The summed E-state index contributed by atoms with van der Waals surface area (Å²) in [6, 6.07) is 6.47. The van der Waals surface area contributed by atoms with E-state index in [9.17, 15) is 0 Å². The minimum absolute atomic E-state index is 0.427. The first-order chi connectivity index (χ1) is 9.11. The number of aromatic nitrogens is 2. The third kappa shape index (κ3) is 3.08. The van der Waals surface area contributed by atoms with E-state index in [1.54, 1.807) is 7.11 Å². The highest BCUT2D eigenvalue weighted by molar-refractivity contribution is 5.53. The number of imidazole rings is 1. The molecule has 0 amide bonds. The Kier molecular flexibility index (Phi) is 4.10. The molecule has 0 aliphatic rings. The van der Waals surface area contributed by atoms with Gasteiger partial charge in [0.15, 0.2) is 0 Å². The summed E-state index contributed by atoms with van der Waals surface area (Å²) in [7, 11) is 1.68. The van der Waals surface area contributed by atoms with Crippen molar-refractivity contribution < 1.29 is 4.74 Å². The SMILES string of the molecule is COc1ccc(NCc2cncn2C(C)C)c(C)c1. The smallest absolute Gasteiger partial charge is 0.119 e. The Morgan fingerprint density at radius 1 is 1.37 bits per heavy atom. The highest BCUT2D eigenvalue weighted by Crippen LogP contribution is 2.21. The number of aryl methyl sites for hydroxylation is 1. The number of ether oxygens (including phenoxy) is 1. The predicted octanol–water partition coefficient (Wildman–Crippen LogP) is 3.39. The molecule has 0 fully saturated rings. The Labute approximate surface area is 114 Å². The Morgan fingerprint density at radius 2 is 2.16 bits per heavy atom. The standard InChI is InChI=1S/C15H21N3O/c1-11(2)18-10-16-8-13(18)9-17-15-6-5-14(19-4)7-12(15)3/h5-8,10-11,17H,9H2,1-4H3. The summed E-state index contributed by atoms with van der Waals surface area (Å²) in [6.07, 6.45) is 3.79. The fourth-order valence-electron chi connectivity index (χ4n) is 2.08. The van der Waals surface area contributed by atoms with Crippen LogP contribution in [0.3, 0.4) is 0 Å². The Balaban J connectivity index is 2.08. The Hall–Kier alpha value is -1.97. The van der Waals surface area contributed by atoms with Gasteiger partial charge in [0.1, 0.15) is 5.75 Å². The fourth-order valence-corrected chi connectivity index (χ4v) is 2.08. The molecular formula is C15H21N3O. The van der Waals surface area contributed by atoms with Gasteiger partial charge in [-0.05, 0) is 44.5 Å². The monoisotopic (exact) mass is 259 g/mol. The topological polar surface area (TPSA) is 39.1 Å². The molecule has 102 valence electrons. The zero-order valence-corrected chi connectivity index (χ0v) is 12.0. The lowest BCUT2D eigenvalue weighted by molar-refractivity contribution is 0.414. The molecule has 19 heavy (non-hydrogen) atoms. The molecule has 0 aliphatic heterocycles. The van der Waals surface area contributed by atoms with Crippen molar-refractivity contribution in [2.75, 3.05) is 12.4 Å².